The molecule has 8 heteroatoms. The lowest BCUT2D eigenvalue weighted by Crippen LogP contribution is -2.16. The number of nitrogens with zero attached hydrogens (tertiary/aromatic N) is 3. The summed E-state index contributed by atoms with van der Waals surface area (Å²) < 4.78 is 4.57. The smallest absolute Gasteiger partial charge is 0.325 e. The molecule has 102 valence electrons. The minimum Gasteiger partial charge on any atom is -0.468 e. The van der Waals surface area contributed by atoms with Crippen molar-refractivity contribution < 1.29 is 9.53 Å². The van der Waals surface area contributed by atoms with Crippen LogP contribution < -0.4 is 10.6 Å². The van der Waals surface area contributed by atoms with Crippen molar-refractivity contribution in [1.82, 2.24) is 19.9 Å². The summed E-state index contributed by atoms with van der Waals surface area (Å²) in [5.41, 5.74) is 1.20. The van der Waals surface area contributed by atoms with Crippen LogP contribution >= 0.6 is 0 Å². The molecule has 0 atom stereocenters. The number of ether oxygens (including phenoxy) is 1. The maximum atomic E-state index is 11.1. The van der Waals surface area contributed by atoms with Crippen LogP contribution in [0.4, 0.5) is 11.8 Å². The molecule has 3 N–H and O–H groups in total. The molecule has 0 aliphatic heterocycles. The number of carbonyl (C=O) groups excluding carboxylic acids is 1. The van der Waals surface area contributed by atoms with E-state index in [0.717, 1.165) is 13.0 Å². The summed E-state index contributed by atoms with van der Waals surface area (Å²) in [5, 5.41) is 5.99. The number of imidazole rings is 1. The second kappa shape index (κ2) is 5.98. The molecule has 0 spiro atoms. The lowest BCUT2D eigenvalue weighted by atomic mass is 10.4. The highest BCUT2D eigenvalue weighted by atomic mass is 16.5. The quantitative estimate of drug-likeness (QED) is 0.661. The maximum Gasteiger partial charge on any atom is 0.325 e. The molecule has 0 fully saturated rings. The second-order valence-electron chi connectivity index (χ2n) is 3.85. The zero-order chi connectivity index (χ0) is 13.7. The molecule has 2 aromatic heterocycles. The van der Waals surface area contributed by atoms with Gasteiger partial charge in [0, 0.05) is 6.54 Å². The van der Waals surface area contributed by atoms with Crippen LogP contribution in [0.3, 0.4) is 0 Å². The fraction of sp³-hybridized carbons (Fsp3) is 0.455. The second-order valence-corrected chi connectivity index (χ2v) is 3.85. The summed E-state index contributed by atoms with van der Waals surface area (Å²) in [6, 6.07) is 0. The molecule has 0 aliphatic rings. The highest BCUT2D eigenvalue weighted by Gasteiger charge is 2.10. The van der Waals surface area contributed by atoms with Gasteiger partial charge in [-0.3, -0.25) is 4.79 Å². The SMILES string of the molecule is CCCNc1nc(NCC(=O)OC)c2[nH]cnc2n1. The van der Waals surface area contributed by atoms with Crippen molar-refractivity contribution in [2.45, 2.75) is 13.3 Å². The summed E-state index contributed by atoms with van der Waals surface area (Å²) in [6.45, 7) is 2.86. The van der Waals surface area contributed by atoms with Gasteiger partial charge in [0.15, 0.2) is 11.5 Å². The molecular weight excluding hydrogens is 248 g/mol. The van der Waals surface area contributed by atoms with Crippen LogP contribution in [0.5, 0.6) is 0 Å². The molecule has 0 saturated carbocycles. The number of aromatic nitrogens is 4. The molecule has 0 bridgehead atoms. The Hall–Kier alpha value is -2.38. The number of aromatic amines is 1. The Morgan fingerprint density at radius 1 is 1.42 bits per heavy atom. The number of H-pyrrole nitrogens is 1. The van der Waals surface area contributed by atoms with Gasteiger partial charge in [-0.15, -0.1) is 0 Å². The lowest BCUT2D eigenvalue weighted by molar-refractivity contribution is -0.138. The molecule has 0 aliphatic carbocycles. The topological polar surface area (TPSA) is 105 Å². The van der Waals surface area contributed by atoms with E-state index in [4.69, 9.17) is 0 Å². The van der Waals surface area contributed by atoms with Crippen LogP contribution in [0.1, 0.15) is 13.3 Å². The van der Waals surface area contributed by atoms with E-state index in [2.05, 4.69) is 42.2 Å². The summed E-state index contributed by atoms with van der Waals surface area (Å²) in [4.78, 5) is 26.7. The van der Waals surface area contributed by atoms with Gasteiger partial charge in [0.05, 0.1) is 13.4 Å². The van der Waals surface area contributed by atoms with Gasteiger partial charge >= 0.3 is 5.97 Å². The molecule has 2 aromatic rings. The van der Waals surface area contributed by atoms with Crippen LogP contribution in [0.25, 0.3) is 11.2 Å². The Balaban J connectivity index is 2.23. The van der Waals surface area contributed by atoms with Crippen LogP contribution in [0.2, 0.25) is 0 Å². The van der Waals surface area contributed by atoms with Gasteiger partial charge < -0.3 is 20.4 Å². The molecule has 2 heterocycles. The zero-order valence-corrected chi connectivity index (χ0v) is 10.9. The van der Waals surface area contributed by atoms with E-state index in [1.807, 2.05) is 0 Å². The molecule has 0 unspecified atom stereocenters. The zero-order valence-electron chi connectivity index (χ0n) is 10.9. The van der Waals surface area contributed by atoms with Gasteiger partial charge in [0.2, 0.25) is 5.95 Å². The summed E-state index contributed by atoms with van der Waals surface area (Å²) in [5.74, 6) is 0.634. The van der Waals surface area contributed by atoms with Crippen LogP contribution in [-0.2, 0) is 9.53 Å². The van der Waals surface area contributed by atoms with Crippen molar-refractivity contribution >= 4 is 28.9 Å². The largest absolute Gasteiger partial charge is 0.468 e. The average Bonchev–Trinajstić information content (AvgIpc) is 2.90. The Kier molecular flexibility index (Phi) is 4.11. The number of hydrogen-bond donors (Lipinski definition) is 3. The van der Waals surface area contributed by atoms with Gasteiger partial charge in [0.1, 0.15) is 12.1 Å². The molecule has 0 aromatic carbocycles. The number of fused-ring (bicyclic) bond motifs is 1. The number of rotatable bonds is 6. The van der Waals surface area contributed by atoms with Crippen molar-refractivity contribution in [2.24, 2.45) is 0 Å². The van der Waals surface area contributed by atoms with E-state index in [1.165, 1.54) is 13.4 Å². The molecule has 19 heavy (non-hydrogen) atoms. The molecule has 8 nitrogen and oxygen atoms in total. The molecule has 2 rings (SSSR count). The normalized spacial score (nSPS) is 10.4. The third-order valence-corrected chi connectivity index (χ3v) is 2.45. The van der Waals surface area contributed by atoms with E-state index in [-0.39, 0.29) is 12.5 Å². The van der Waals surface area contributed by atoms with Gasteiger partial charge in [0.25, 0.3) is 0 Å². The third-order valence-electron chi connectivity index (χ3n) is 2.45. The van der Waals surface area contributed by atoms with Crippen molar-refractivity contribution in [1.29, 1.82) is 0 Å². The predicted octanol–water partition coefficient (Wildman–Crippen LogP) is 0.760. The summed E-state index contributed by atoms with van der Waals surface area (Å²) >= 11 is 0. The van der Waals surface area contributed by atoms with E-state index >= 15 is 0 Å². The lowest BCUT2D eigenvalue weighted by Gasteiger charge is -2.08. The van der Waals surface area contributed by atoms with Crippen molar-refractivity contribution in [3.05, 3.63) is 6.33 Å². The van der Waals surface area contributed by atoms with E-state index in [9.17, 15) is 4.79 Å². The van der Waals surface area contributed by atoms with E-state index in [0.29, 0.717) is 22.9 Å². The Morgan fingerprint density at radius 3 is 3.00 bits per heavy atom. The van der Waals surface area contributed by atoms with Gasteiger partial charge in [-0.25, -0.2) is 4.98 Å². The predicted molar refractivity (Wildman–Crippen MR) is 71.0 cm³/mol. The minimum absolute atomic E-state index is 0.0366. The Morgan fingerprint density at radius 2 is 2.26 bits per heavy atom. The first kappa shape index (κ1) is 13.1. The first-order valence-electron chi connectivity index (χ1n) is 6.00. The molecule has 0 amide bonds. The van der Waals surface area contributed by atoms with Crippen molar-refractivity contribution in [3.63, 3.8) is 0 Å². The number of esters is 1. The van der Waals surface area contributed by atoms with E-state index < -0.39 is 0 Å². The van der Waals surface area contributed by atoms with Crippen LogP contribution in [0.15, 0.2) is 6.33 Å². The minimum atomic E-state index is -0.366. The molecular formula is C11H16N6O2. The van der Waals surface area contributed by atoms with Crippen molar-refractivity contribution in [3.8, 4) is 0 Å². The highest BCUT2D eigenvalue weighted by molar-refractivity contribution is 5.85. The number of methoxy groups -OCH3 is 1. The van der Waals surface area contributed by atoms with Gasteiger partial charge in [-0.1, -0.05) is 6.92 Å². The van der Waals surface area contributed by atoms with Crippen molar-refractivity contribution in [2.75, 3.05) is 30.8 Å². The van der Waals surface area contributed by atoms with Crippen LogP contribution in [-0.4, -0.2) is 46.1 Å². The number of hydrogen-bond acceptors (Lipinski definition) is 7. The fourth-order valence-corrected chi connectivity index (χ4v) is 1.51. The summed E-state index contributed by atoms with van der Waals surface area (Å²) in [7, 11) is 1.34. The molecule has 0 radical (unpaired) electrons. The first-order chi connectivity index (χ1) is 9.24. The molecule has 0 saturated heterocycles. The maximum absolute atomic E-state index is 11.1. The standard InChI is InChI=1S/C11H16N6O2/c1-3-4-12-11-16-9(13-5-7(18)19-2)8-10(17-11)15-6-14-8/h6H,3-5H2,1-2H3,(H3,12,13,14,15,16,17). The third kappa shape index (κ3) is 3.09. The Labute approximate surface area is 110 Å². The van der Waals surface area contributed by atoms with Gasteiger partial charge in [-0.05, 0) is 6.42 Å². The Bertz CT molecular complexity index is 567. The highest BCUT2D eigenvalue weighted by Crippen LogP contribution is 2.18. The van der Waals surface area contributed by atoms with Crippen LogP contribution in [0, 0.1) is 0 Å². The monoisotopic (exact) mass is 264 g/mol. The number of nitrogens with one attached hydrogen (secondary N) is 3. The fourth-order valence-electron chi connectivity index (χ4n) is 1.51. The first-order valence-corrected chi connectivity index (χ1v) is 6.00. The number of carbonyl (C=O) groups is 1. The average molecular weight is 264 g/mol. The number of anilines is 2. The summed E-state index contributed by atoms with van der Waals surface area (Å²) in [6.07, 6.45) is 2.50. The van der Waals surface area contributed by atoms with E-state index in [1.54, 1.807) is 0 Å². The van der Waals surface area contributed by atoms with Gasteiger partial charge in [-0.2, -0.15) is 9.97 Å².